The fourth-order valence-corrected chi connectivity index (χ4v) is 2.04. The van der Waals surface area contributed by atoms with Gasteiger partial charge < -0.3 is 10.1 Å². The molecule has 0 aliphatic carbocycles. The first kappa shape index (κ1) is 16.5. The second-order valence-electron chi connectivity index (χ2n) is 5.22. The summed E-state index contributed by atoms with van der Waals surface area (Å²) in [5.41, 5.74) is 2.77. The van der Waals surface area contributed by atoms with Crippen LogP contribution in [0.15, 0.2) is 48.5 Å². The van der Waals surface area contributed by atoms with Crippen LogP contribution in [-0.2, 0) is 11.2 Å². The summed E-state index contributed by atoms with van der Waals surface area (Å²) in [5.74, 6) is 0.459. The fraction of sp³-hybridized carbons (Fsp3) is 0.222. The summed E-state index contributed by atoms with van der Waals surface area (Å²) >= 11 is 0. The molecule has 0 spiro atoms. The van der Waals surface area contributed by atoms with E-state index < -0.39 is 6.03 Å². The Bertz CT molecular complexity index is 664. The van der Waals surface area contributed by atoms with Gasteiger partial charge in [-0.15, -0.1) is 0 Å². The first-order valence-corrected chi connectivity index (χ1v) is 7.37. The van der Waals surface area contributed by atoms with Gasteiger partial charge in [-0.05, 0) is 43.2 Å². The zero-order valence-corrected chi connectivity index (χ0v) is 13.3. The highest BCUT2D eigenvalue weighted by molar-refractivity contribution is 6.01. The number of benzene rings is 2. The highest BCUT2D eigenvalue weighted by Crippen LogP contribution is 2.12. The largest absolute Gasteiger partial charge is 0.497 e. The second-order valence-corrected chi connectivity index (χ2v) is 5.22. The fourth-order valence-electron chi connectivity index (χ4n) is 2.04. The van der Waals surface area contributed by atoms with Crippen LogP contribution >= 0.6 is 0 Å². The van der Waals surface area contributed by atoms with Gasteiger partial charge >= 0.3 is 6.03 Å². The quantitative estimate of drug-likeness (QED) is 0.890. The van der Waals surface area contributed by atoms with E-state index in [9.17, 15) is 9.59 Å². The van der Waals surface area contributed by atoms with Crippen molar-refractivity contribution < 1.29 is 14.3 Å². The third kappa shape index (κ3) is 5.47. The number of rotatable bonds is 5. The molecule has 0 bridgehead atoms. The maximum Gasteiger partial charge on any atom is 0.325 e. The summed E-state index contributed by atoms with van der Waals surface area (Å²) in [4.78, 5) is 23.5. The van der Waals surface area contributed by atoms with Crippen LogP contribution in [0.5, 0.6) is 5.75 Å². The van der Waals surface area contributed by atoms with Gasteiger partial charge in [-0.25, -0.2) is 4.79 Å². The lowest BCUT2D eigenvalue weighted by atomic mass is 10.1. The standard InChI is InChI=1S/C18H20N2O3/c1-13-3-8-15(9-4-13)19-18(22)20-17(21)12-7-14-5-10-16(23-2)11-6-14/h3-6,8-11H,7,12H2,1-2H3,(H2,19,20,21,22). The number of hydrogen-bond acceptors (Lipinski definition) is 3. The highest BCUT2D eigenvalue weighted by atomic mass is 16.5. The molecule has 2 N–H and O–H groups in total. The lowest BCUT2D eigenvalue weighted by Crippen LogP contribution is -2.34. The van der Waals surface area contributed by atoms with E-state index in [1.807, 2.05) is 43.3 Å². The molecule has 0 aliphatic heterocycles. The maximum absolute atomic E-state index is 11.8. The number of imide groups is 1. The molecule has 0 saturated heterocycles. The maximum atomic E-state index is 11.8. The number of ether oxygens (including phenoxy) is 1. The van der Waals surface area contributed by atoms with E-state index in [1.165, 1.54) is 0 Å². The summed E-state index contributed by atoms with van der Waals surface area (Å²) in [6.07, 6.45) is 0.807. The second kappa shape index (κ2) is 7.98. The minimum atomic E-state index is -0.520. The summed E-state index contributed by atoms with van der Waals surface area (Å²) in [5, 5.41) is 4.95. The van der Waals surface area contributed by atoms with E-state index >= 15 is 0 Å². The number of anilines is 1. The van der Waals surface area contributed by atoms with E-state index in [1.54, 1.807) is 19.2 Å². The Kier molecular flexibility index (Phi) is 5.74. The monoisotopic (exact) mass is 312 g/mol. The Balaban J connectivity index is 1.77. The molecule has 2 aromatic carbocycles. The molecule has 3 amide bonds. The molecule has 0 aliphatic rings. The van der Waals surface area contributed by atoms with E-state index in [2.05, 4.69) is 10.6 Å². The number of hydrogen-bond donors (Lipinski definition) is 2. The minimum Gasteiger partial charge on any atom is -0.497 e. The highest BCUT2D eigenvalue weighted by Gasteiger charge is 2.08. The summed E-state index contributed by atoms with van der Waals surface area (Å²) in [6.45, 7) is 1.96. The summed E-state index contributed by atoms with van der Waals surface area (Å²) < 4.78 is 5.08. The average molecular weight is 312 g/mol. The van der Waals surface area contributed by atoms with Crippen molar-refractivity contribution in [3.8, 4) is 5.75 Å². The number of methoxy groups -OCH3 is 1. The third-order valence-electron chi connectivity index (χ3n) is 3.36. The van der Waals surface area contributed by atoms with Crippen molar-refractivity contribution in [1.82, 2.24) is 5.32 Å². The van der Waals surface area contributed by atoms with Crippen LogP contribution in [0, 0.1) is 6.92 Å². The number of carbonyl (C=O) groups excluding carboxylic acids is 2. The van der Waals surface area contributed by atoms with Crippen LogP contribution in [0.2, 0.25) is 0 Å². The molecule has 5 nitrogen and oxygen atoms in total. The average Bonchev–Trinajstić information content (AvgIpc) is 2.55. The Hall–Kier alpha value is -2.82. The SMILES string of the molecule is COc1ccc(CCC(=O)NC(=O)Nc2ccc(C)cc2)cc1. The van der Waals surface area contributed by atoms with Crippen molar-refractivity contribution in [3.63, 3.8) is 0 Å². The van der Waals surface area contributed by atoms with Crippen LogP contribution in [0.25, 0.3) is 0 Å². The summed E-state index contributed by atoms with van der Waals surface area (Å²) in [7, 11) is 1.61. The van der Waals surface area contributed by atoms with Gasteiger partial charge in [0.15, 0.2) is 0 Å². The molecule has 0 saturated carbocycles. The molecule has 120 valence electrons. The van der Waals surface area contributed by atoms with Gasteiger partial charge in [0, 0.05) is 12.1 Å². The molecule has 0 unspecified atom stereocenters. The van der Waals surface area contributed by atoms with Crippen LogP contribution < -0.4 is 15.4 Å². The van der Waals surface area contributed by atoms with Gasteiger partial charge in [0.2, 0.25) is 5.91 Å². The van der Waals surface area contributed by atoms with Crippen LogP contribution in [0.4, 0.5) is 10.5 Å². The molecule has 0 aromatic heterocycles. The van der Waals surface area contributed by atoms with Crippen molar-refractivity contribution in [2.24, 2.45) is 0 Å². The molecule has 2 aromatic rings. The molecule has 0 heterocycles. The molecule has 0 fully saturated rings. The number of aryl methyl sites for hydroxylation is 2. The predicted octanol–water partition coefficient (Wildman–Crippen LogP) is 3.28. The van der Waals surface area contributed by atoms with Crippen molar-refractivity contribution in [2.45, 2.75) is 19.8 Å². The molecule has 2 rings (SSSR count). The molecular weight excluding hydrogens is 292 g/mol. The number of nitrogens with one attached hydrogen (secondary N) is 2. The zero-order chi connectivity index (χ0) is 16.7. The molecule has 23 heavy (non-hydrogen) atoms. The van der Waals surface area contributed by atoms with Crippen LogP contribution in [0.3, 0.4) is 0 Å². The Morgan fingerprint density at radius 2 is 1.65 bits per heavy atom. The number of urea groups is 1. The molecule has 5 heteroatoms. The Morgan fingerprint density at radius 1 is 1.00 bits per heavy atom. The first-order chi connectivity index (χ1) is 11.1. The van der Waals surface area contributed by atoms with E-state index in [4.69, 9.17) is 4.74 Å². The minimum absolute atomic E-state index is 0.244. The topological polar surface area (TPSA) is 67.4 Å². The Morgan fingerprint density at radius 3 is 2.26 bits per heavy atom. The first-order valence-electron chi connectivity index (χ1n) is 7.37. The van der Waals surface area contributed by atoms with E-state index in [0.717, 1.165) is 16.9 Å². The van der Waals surface area contributed by atoms with Crippen LogP contribution in [-0.4, -0.2) is 19.0 Å². The van der Waals surface area contributed by atoms with Gasteiger partial charge in [-0.2, -0.15) is 0 Å². The zero-order valence-electron chi connectivity index (χ0n) is 13.3. The molecule has 0 radical (unpaired) electrons. The van der Waals surface area contributed by atoms with Crippen LogP contribution in [0.1, 0.15) is 17.5 Å². The van der Waals surface area contributed by atoms with Gasteiger partial charge in [-0.3, -0.25) is 10.1 Å². The van der Waals surface area contributed by atoms with E-state index in [0.29, 0.717) is 12.1 Å². The van der Waals surface area contributed by atoms with Crippen molar-refractivity contribution in [3.05, 3.63) is 59.7 Å². The van der Waals surface area contributed by atoms with Gasteiger partial charge in [0.1, 0.15) is 5.75 Å². The smallest absolute Gasteiger partial charge is 0.325 e. The van der Waals surface area contributed by atoms with E-state index in [-0.39, 0.29) is 12.3 Å². The predicted molar refractivity (Wildman–Crippen MR) is 89.7 cm³/mol. The molecule has 0 atom stereocenters. The van der Waals surface area contributed by atoms with Crippen molar-refractivity contribution >= 4 is 17.6 Å². The van der Waals surface area contributed by atoms with Gasteiger partial charge in [0.25, 0.3) is 0 Å². The Labute approximate surface area is 135 Å². The summed E-state index contributed by atoms with van der Waals surface area (Å²) in [6, 6.07) is 14.3. The van der Waals surface area contributed by atoms with Gasteiger partial charge in [-0.1, -0.05) is 29.8 Å². The number of carbonyl (C=O) groups is 2. The lowest BCUT2D eigenvalue weighted by Gasteiger charge is -2.07. The van der Waals surface area contributed by atoms with Crippen molar-refractivity contribution in [1.29, 1.82) is 0 Å². The third-order valence-corrected chi connectivity index (χ3v) is 3.36. The van der Waals surface area contributed by atoms with Crippen molar-refractivity contribution in [2.75, 3.05) is 12.4 Å². The molecular formula is C18H20N2O3. The number of amides is 3. The normalized spacial score (nSPS) is 10.0. The van der Waals surface area contributed by atoms with Gasteiger partial charge in [0.05, 0.1) is 7.11 Å². The lowest BCUT2D eigenvalue weighted by molar-refractivity contribution is -0.119.